The predicted octanol–water partition coefficient (Wildman–Crippen LogP) is 2.13. The molecule has 0 fully saturated rings. The quantitative estimate of drug-likeness (QED) is 0.907. The van der Waals surface area contributed by atoms with Crippen molar-refractivity contribution in [1.82, 2.24) is 4.72 Å². The highest BCUT2D eigenvalue weighted by Crippen LogP contribution is 2.15. The van der Waals surface area contributed by atoms with Gasteiger partial charge < -0.3 is 0 Å². The molecule has 0 saturated carbocycles. The Kier molecular flexibility index (Phi) is 4.49. The molecule has 0 spiro atoms. The van der Waals surface area contributed by atoms with Crippen molar-refractivity contribution in [3.05, 3.63) is 29.3 Å². The van der Waals surface area contributed by atoms with Gasteiger partial charge in [-0.05, 0) is 43.0 Å². The number of nitrogens with zero attached hydrogens (tertiary/aromatic N) is 1. The third kappa shape index (κ3) is 3.31. The van der Waals surface area contributed by atoms with E-state index in [9.17, 15) is 8.42 Å². The van der Waals surface area contributed by atoms with Crippen LogP contribution in [0.15, 0.2) is 23.1 Å². The minimum absolute atomic E-state index is 0.0729. The first-order chi connectivity index (χ1) is 8.27. The summed E-state index contributed by atoms with van der Waals surface area (Å²) in [5.74, 6) is -0.0729. The number of hydrogen-bond donors (Lipinski definition) is 1. The zero-order valence-corrected chi connectivity index (χ0v) is 11.9. The van der Waals surface area contributed by atoms with E-state index < -0.39 is 16.1 Å². The molecular weight excluding hydrogens is 248 g/mol. The fourth-order valence-electron chi connectivity index (χ4n) is 1.43. The molecule has 98 valence electrons. The van der Waals surface area contributed by atoms with Gasteiger partial charge in [-0.1, -0.05) is 19.9 Å². The Hall–Kier alpha value is -1.38. The second kappa shape index (κ2) is 5.51. The highest BCUT2D eigenvalue weighted by atomic mass is 32.2. The zero-order valence-electron chi connectivity index (χ0n) is 11.1. The van der Waals surface area contributed by atoms with E-state index in [0.717, 1.165) is 11.1 Å². The first kappa shape index (κ1) is 14.7. The van der Waals surface area contributed by atoms with E-state index >= 15 is 0 Å². The highest BCUT2D eigenvalue weighted by molar-refractivity contribution is 7.89. The van der Waals surface area contributed by atoms with E-state index in [0.29, 0.717) is 0 Å². The molecule has 1 rings (SSSR count). The monoisotopic (exact) mass is 266 g/mol. The standard InChI is InChI=1S/C13H18N2O2S/c1-9(2)13(8-14)15-18(16,17)12-6-5-10(3)11(4)7-12/h5-7,9,13,15H,1-4H3. The van der Waals surface area contributed by atoms with Crippen LogP contribution < -0.4 is 4.72 Å². The fraction of sp³-hybridized carbons (Fsp3) is 0.462. The minimum Gasteiger partial charge on any atom is -0.207 e. The summed E-state index contributed by atoms with van der Waals surface area (Å²) in [7, 11) is -3.63. The summed E-state index contributed by atoms with van der Waals surface area (Å²) in [6.45, 7) is 7.39. The topological polar surface area (TPSA) is 70.0 Å². The van der Waals surface area contributed by atoms with Crippen LogP contribution in [0.25, 0.3) is 0 Å². The molecule has 1 atom stereocenters. The molecule has 0 saturated heterocycles. The first-order valence-corrected chi connectivity index (χ1v) is 7.25. The second-order valence-corrected chi connectivity index (χ2v) is 6.43. The van der Waals surface area contributed by atoms with Crippen molar-refractivity contribution in [2.75, 3.05) is 0 Å². The van der Waals surface area contributed by atoms with Crippen LogP contribution in [-0.4, -0.2) is 14.5 Å². The normalized spacial score (nSPS) is 13.3. The van der Waals surface area contributed by atoms with E-state index in [-0.39, 0.29) is 10.8 Å². The number of nitrogens with one attached hydrogen (secondary N) is 1. The molecule has 1 unspecified atom stereocenters. The number of hydrogen-bond acceptors (Lipinski definition) is 3. The van der Waals surface area contributed by atoms with E-state index in [1.807, 2.05) is 19.9 Å². The fourth-order valence-corrected chi connectivity index (χ4v) is 2.80. The molecule has 0 heterocycles. The van der Waals surface area contributed by atoms with Crippen LogP contribution >= 0.6 is 0 Å². The van der Waals surface area contributed by atoms with Crippen LogP contribution in [0.3, 0.4) is 0 Å². The molecule has 0 aliphatic heterocycles. The Morgan fingerprint density at radius 2 is 1.83 bits per heavy atom. The number of aryl methyl sites for hydroxylation is 2. The van der Waals surface area contributed by atoms with Gasteiger partial charge in [0.2, 0.25) is 10.0 Å². The maximum absolute atomic E-state index is 12.1. The van der Waals surface area contributed by atoms with E-state index in [4.69, 9.17) is 5.26 Å². The maximum Gasteiger partial charge on any atom is 0.241 e. The van der Waals surface area contributed by atoms with Gasteiger partial charge in [0.25, 0.3) is 0 Å². The van der Waals surface area contributed by atoms with Gasteiger partial charge in [0.1, 0.15) is 6.04 Å². The summed E-state index contributed by atoms with van der Waals surface area (Å²) < 4.78 is 26.6. The van der Waals surface area contributed by atoms with Gasteiger partial charge in [0.15, 0.2) is 0 Å². The Labute approximate surface area is 109 Å². The third-order valence-electron chi connectivity index (χ3n) is 2.88. The molecule has 0 amide bonds. The average Bonchev–Trinajstić information content (AvgIpc) is 2.29. The van der Waals surface area contributed by atoms with Crippen LogP contribution in [0.5, 0.6) is 0 Å². The van der Waals surface area contributed by atoms with Gasteiger partial charge in [-0.15, -0.1) is 0 Å². The van der Waals surface area contributed by atoms with Crippen molar-refractivity contribution in [3.63, 3.8) is 0 Å². The van der Waals surface area contributed by atoms with Crippen LogP contribution in [0, 0.1) is 31.1 Å². The van der Waals surface area contributed by atoms with Crippen LogP contribution in [0.2, 0.25) is 0 Å². The van der Waals surface area contributed by atoms with E-state index in [2.05, 4.69) is 4.72 Å². The SMILES string of the molecule is Cc1ccc(S(=O)(=O)NC(C#N)C(C)C)cc1C. The summed E-state index contributed by atoms with van der Waals surface area (Å²) in [5.41, 5.74) is 1.95. The summed E-state index contributed by atoms with van der Waals surface area (Å²) in [4.78, 5) is 0.200. The molecule has 0 aromatic heterocycles. The Balaban J connectivity index is 3.07. The van der Waals surface area contributed by atoms with Crippen molar-refractivity contribution in [1.29, 1.82) is 5.26 Å². The van der Waals surface area contributed by atoms with Crippen molar-refractivity contribution in [3.8, 4) is 6.07 Å². The lowest BCUT2D eigenvalue weighted by atomic mass is 10.1. The Morgan fingerprint density at radius 1 is 1.22 bits per heavy atom. The number of benzene rings is 1. The summed E-state index contributed by atoms with van der Waals surface area (Å²) in [5, 5.41) is 8.93. The van der Waals surface area contributed by atoms with Gasteiger partial charge in [-0.2, -0.15) is 9.98 Å². The Morgan fingerprint density at radius 3 is 2.28 bits per heavy atom. The minimum atomic E-state index is -3.63. The molecule has 0 radical (unpaired) electrons. The average molecular weight is 266 g/mol. The lowest BCUT2D eigenvalue weighted by molar-refractivity contribution is 0.515. The lowest BCUT2D eigenvalue weighted by Crippen LogP contribution is -2.37. The molecule has 1 N–H and O–H groups in total. The van der Waals surface area contributed by atoms with E-state index in [1.165, 1.54) is 0 Å². The summed E-state index contributed by atoms with van der Waals surface area (Å²) >= 11 is 0. The number of sulfonamides is 1. The third-order valence-corrected chi connectivity index (χ3v) is 4.32. The van der Waals surface area contributed by atoms with Gasteiger partial charge in [0.05, 0.1) is 11.0 Å². The molecule has 1 aromatic carbocycles. The number of nitriles is 1. The molecule has 0 aliphatic rings. The maximum atomic E-state index is 12.1. The van der Waals surface area contributed by atoms with Crippen molar-refractivity contribution < 1.29 is 8.42 Å². The molecular formula is C13H18N2O2S. The summed E-state index contributed by atoms with van der Waals surface area (Å²) in [6, 6.07) is 6.19. The highest BCUT2D eigenvalue weighted by Gasteiger charge is 2.22. The zero-order chi connectivity index (χ0) is 13.9. The molecule has 0 aliphatic carbocycles. The van der Waals surface area contributed by atoms with Crippen LogP contribution in [0.4, 0.5) is 0 Å². The van der Waals surface area contributed by atoms with Gasteiger partial charge >= 0.3 is 0 Å². The predicted molar refractivity (Wildman–Crippen MR) is 70.5 cm³/mol. The van der Waals surface area contributed by atoms with Crippen LogP contribution in [-0.2, 0) is 10.0 Å². The molecule has 0 bridgehead atoms. The van der Waals surface area contributed by atoms with Crippen LogP contribution in [0.1, 0.15) is 25.0 Å². The first-order valence-electron chi connectivity index (χ1n) is 5.77. The van der Waals surface area contributed by atoms with Gasteiger partial charge in [-0.3, -0.25) is 0 Å². The van der Waals surface area contributed by atoms with Crippen molar-refractivity contribution >= 4 is 10.0 Å². The smallest absolute Gasteiger partial charge is 0.207 e. The number of rotatable bonds is 4. The Bertz CT molecular complexity index is 571. The van der Waals surface area contributed by atoms with Crippen molar-refractivity contribution in [2.45, 2.75) is 38.6 Å². The van der Waals surface area contributed by atoms with Crippen molar-refractivity contribution in [2.24, 2.45) is 5.92 Å². The molecule has 1 aromatic rings. The van der Waals surface area contributed by atoms with E-state index in [1.54, 1.807) is 32.0 Å². The second-order valence-electron chi connectivity index (χ2n) is 4.72. The summed E-state index contributed by atoms with van der Waals surface area (Å²) in [6.07, 6.45) is 0. The molecule has 4 nitrogen and oxygen atoms in total. The lowest BCUT2D eigenvalue weighted by Gasteiger charge is -2.15. The van der Waals surface area contributed by atoms with Gasteiger partial charge in [0, 0.05) is 0 Å². The molecule has 5 heteroatoms. The largest absolute Gasteiger partial charge is 0.241 e. The van der Waals surface area contributed by atoms with Gasteiger partial charge in [-0.25, -0.2) is 8.42 Å². The molecule has 18 heavy (non-hydrogen) atoms.